The molecule has 0 unspecified atom stereocenters. The van der Waals surface area contributed by atoms with Crippen molar-refractivity contribution in [2.75, 3.05) is 26.7 Å². The fourth-order valence-corrected chi connectivity index (χ4v) is 3.35. The largest absolute Gasteiger partial charge is 0.335 e. The fraction of sp³-hybridized carbons (Fsp3) is 0.429. The number of hydrogen-bond donors (Lipinski definition) is 1. The zero-order chi connectivity index (χ0) is 18.2. The van der Waals surface area contributed by atoms with E-state index in [9.17, 15) is 4.79 Å². The molecule has 1 aromatic carbocycles. The fourth-order valence-electron chi connectivity index (χ4n) is 3.35. The Morgan fingerprint density at radius 3 is 2.50 bits per heavy atom. The maximum atomic E-state index is 12.4. The molecule has 1 N–H and O–H groups in total. The first-order chi connectivity index (χ1) is 12.7. The third-order valence-electron chi connectivity index (χ3n) is 4.99. The molecule has 0 aliphatic carbocycles. The number of piperidine rings is 1. The van der Waals surface area contributed by atoms with Crippen molar-refractivity contribution in [3.63, 3.8) is 0 Å². The molecular weight excluding hydrogens is 324 g/mol. The first-order valence-electron chi connectivity index (χ1n) is 9.37. The molecule has 26 heavy (non-hydrogen) atoms. The minimum absolute atomic E-state index is 0.0177. The van der Waals surface area contributed by atoms with E-state index in [-0.39, 0.29) is 12.1 Å². The van der Waals surface area contributed by atoms with E-state index in [4.69, 9.17) is 0 Å². The Labute approximate surface area is 156 Å². The molecule has 138 valence electrons. The Kier molecular flexibility index (Phi) is 6.61. The van der Waals surface area contributed by atoms with Crippen LogP contribution in [-0.2, 0) is 13.0 Å². The second kappa shape index (κ2) is 9.34. The molecule has 0 spiro atoms. The number of likely N-dealkylation sites (tertiary alicyclic amines) is 1. The van der Waals surface area contributed by atoms with Gasteiger partial charge in [-0.05, 0) is 42.5 Å². The summed E-state index contributed by atoms with van der Waals surface area (Å²) in [5.74, 6) is 0. The average Bonchev–Trinajstić information content (AvgIpc) is 2.69. The topological polar surface area (TPSA) is 48.5 Å². The smallest absolute Gasteiger partial charge is 0.317 e. The summed E-state index contributed by atoms with van der Waals surface area (Å²) in [6.45, 7) is 3.78. The van der Waals surface area contributed by atoms with E-state index in [1.54, 1.807) is 4.90 Å². The molecule has 3 rings (SSSR count). The summed E-state index contributed by atoms with van der Waals surface area (Å²) in [6.07, 6.45) is 6.79. The van der Waals surface area contributed by atoms with Crippen LogP contribution < -0.4 is 5.32 Å². The van der Waals surface area contributed by atoms with Crippen LogP contribution in [0.3, 0.4) is 0 Å². The molecule has 5 heteroatoms. The molecule has 0 radical (unpaired) electrons. The van der Waals surface area contributed by atoms with Gasteiger partial charge in [-0.15, -0.1) is 0 Å². The second-order valence-electron chi connectivity index (χ2n) is 7.01. The van der Waals surface area contributed by atoms with Gasteiger partial charge in [0.1, 0.15) is 0 Å². The molecule has 5 nitrogen and oxygen atoms in total. The van der Waals surface area contributed by atoms with Gasteiger partial charge in [0.05, 0.1) is 0 Å². The summed E-state index contributed by atoms with van der Waals surface area (Å²) in [4.78, 5) is 20.7. The number of carbonyl (C=O) groups excluding carboxylic acids is 1. The van der Waals surface area contributed by atoms with E-state index in [1.807, 2.05) is 49.8 Å². The van der Waals surface area contributed by atoms with Crippen LogP contribution in [0.25, 0.3) is 0 Å². The number of rotatable bonds is 6. The lowest BCUT2D eigenvalue weighted by Crippen LogP contribution is -2.48. The summed E-state index contributed by atoms with van der Waals surface area (Å²) < 4.78 is 0. The summed E-state index contributed by atoms with van der Waals surface area (Å²) in [6, 6.07) is 14.5. The minimum atomic E-state index is 0.0177. The first-order valence-corrected chi connectivity index (χ1v) is 9.37. The molecule has 1 aromatic heterocycles. The summed E-state index contributed by atoms with van der Waals surface area (Å²) >= 11 is 0. The maximum Gasteiger partial charge on any atom is 0.317 e. The maximum absolute atomic E-state index is 12.4. The van der Waals surface area contributed by atoms with Crippen LogP contribution in [0.2, 0.25) is 0 Å². The monoisotopic (exact) mass is 352 g/mol. The van der Waals surface area contributed by atoms with E-state index in [2.05, 4.69) is 27.3 Å². The van der Waals surface area contributed by atoms with E-state index >= 15 is 0 Å². The first kappa shape index (κ1) is 18.4. The van der Waals surface area contributed by atoms with Gasteiger partial charge in [-0.3, -0.25) is 4.98 Å². The summed E-state index contributed by atoms with van der Waals surface area (Å²) in [5, 5.41) is 3.19. The molecule has 0 saturated carbocycles. The quantitative estimate of drug-likeness (QED) is 0.870. The van der Waals surface area contributed by atoms with Crippen LogP contribution in [-0.4, -0.2) is 53.5 Å². The molecule has 1 aliphatic heterocycles. The Morgan fingerprint density at radius 2 is 1.81 bits per heavy atom. The highest BCUT2D eigenvalue weighted by molar-refractivity contribution is 5.74. The number of carbonyl (C=O) groups is 1. The van der Waals surface area contributed by atoms with E-state index in [0.717, 1.165) is 44.5 Å². The summed E-state index contributed by atoms with van der Waals surface area (Å²) in [5.41, 5.74) is 2.48. The Balaban J connectivity index is 1.37. The van der Waals surface area contributed by atoms with Crippen LogP contribution >= 0.6 is 0 Å². The van der Waals surface area contributed by atoms with Crippen molar-refractivity contribution in [2.24, 2.45) is 0 Å². The third-order valence-corrected chi connectivity index (χ3v) is 4.99. The van der Waals surface area contributed by atoms with Crippen molar-refractivity contribution >= 4 is 6.03 Å². The number of hydrogen-bond acceptors (Lipinski definition) is 3. The number of urea groups is 1. The average molecular weight is 352 g/mol. The van der Waals surface area contributed by atoms with Gasteiger partial charge in [0, 0.05) is 51.7 Å². The number of aromatic nitrogens is 1. The lowest BCUT2D eigenvalue weighted by atomic mass is 10.0. The van der Waals surface area contributed by atoms with E-state index in [1.165, 1.54) is 5.56 Å². The van der Waals surface area contributed by atoms with Crippen molar-refractivity contribution in [3.05, 3.63) is 66.0 Å². The molecule has 0 bridgehead atoms. The number of nitrogens with one attached hydrogen (secondary N) is 1. The van der Waals surface area contributed by atoms with Gasteiger partial charge in [-0.1, -0.05) is 30.3 Å². The number of amides is 2. The highest BCUT2D eigenvalue weighted by Gasteiger charge is 2.21. The molecule has 1 saturated heterocycles. The highest BCUT2D eigenvalue weighted by atomic mass is 16.2. The van der Waals surface area contributed by atoms with Crippen molar-refractivity contribution in [2.45, 2.75) is 31.8 Å². The van der Waals surface area contributed by atoms with Gasteiger partial charge in [-0.25, -0.2) is 4.79 Å². The zero-order valence-electron chi connectivity index (χ0n) is 15.5. The van der Waals surface area contributed by atoms with Gasteiger partial charge >= 0.3 is 6.03 Å². The molecule has 1 aliphatic rings. The van der Waals surface area contributed by atoms with E-state index in [0.29, 0.717) is 6.54 Å². The van der Waals surface area contributed by atoms with Gasteiger partial charge in [0.2, 0.25) is 0 Å². The Bertz CT molecular complexity index is 669. The molecule has 0 atom stereocenters. The molecule has 2 aromatic rings. The normalized spacial score (nSPS) is 15.6. The summed E-state index contributed by atoms with van der Waals surface area (Å²) in [7, 11) is 1.85. The van der Waals surface area contributed by atoms with Crippen molar-refractivity contribution in [3.8, 4) is 0 Å². The molecule has 2 amide bonds. The lowest BCUT2D eigenvalue weighted by molar-refractivity contribution is 0.177. The highest BCUT2D eigenvalue weighted by Crippen LogP contribution is 2.12. The molecule has 1 fully saturated rings. The Hall–Kier alpha value is -2.40. The van der Waals surface area contributed by atoms with Crippen molar-refractivity contribution < 1.29 is 4.79 Å². The predicted octanol–water partition coefficient (Wildman–Crippen LogP) is 2.93. The number of nitrogens with zero attached hydrogens (tertiary/aromatic N) is 3. The van der Waals surface area contributed by atoms with Gasteiger partial charge < -0.3 is 15.1 Å². The van der Waals surface area contributed by atoms with Crippen molar-refractivity contribution in [1.29, 1.82) is 0 Å². The lowest BCUT2D eigenvalue weighted by Gasteiger charge is -2.33. The predicted molar refractivity (Wildman–Crippen MR) is 104 cm³/mol. The minimum Gasteiger partial charge on any atom is -0.335 e. The molecule has 2 heterocycles. The van der Waals surface area contributed by atoms with Gasteiger partial charge in [0.25, 0.3) is 0 Å². The number of pyridine rings is 1. The van der Waals surface area contributed by atoms with Crippen LogP contribution in [0, 0.1) is 0 Å². The van der Waals surface area contributed by atoms with Crippen LogP contribution in [0.5, 0.6) is 0 Å². The Morgan fingerprint density at radius 1 is 1.12 bits per heavy atom. The van der Waals surface area contributed by atoms with Crippen LogP contribution in [0.1, 0.15) is 24.0 Å². The van der Waals surface area contributed by atoms with Gasteiger partial charge in [-0.2, -0.15) is 0 Å². The zero-order valence-corrected chi connectivity index (χ0v) is 15.5. The molecular formula is C21H28N4O. The van der Waals surface area contributed by atoms with Crippen LogP contribution in [0.15, 0.2) is 54.9 Å². The second-order valence-corrected chi connectivity index (χ2v) is 7.01. The SMILES string of the molecule is CN(Cc1ccccc1)C(=O)NC1CCN(CCc2ccncc2)CC1. The van der Waals surface area contributed by atoms with E-state index < -0.39 is 0 Å². The third kappa shape index (κ3) is 5.56. The standard InChI is InChI=1S/C21H28N4O/c1-24(17-19-5-3-2-4-6-19)21(26)23-20-10-15-25(16-11-20)14-9-18-7-12-22-13-8-18/h2-8,12-13,20H,9-11,14-17H2,1H3,(H,23,26). The van der Waals surface area contributed by atoms with Crippen LogP contribution in [0.4, 0.5) is 4.79 Å². The number of benzene rings is 1. The van der Waals surface area contributed by atoms with Gasteiger partial charge in [0.15, 0.2) is 0 Å². The van der Waals surface area contributed by atoms with Crippen molar-refractivity contribution in [1.82, 2.24) is 20.1 Å².